The molecule has 0 N–H and O–H groups in total. The lowest BCUT2D eigenvalue weighted by atomic mass is 11.9. The predicted molar refractivity (Wildman–Crippen MR) is 95.3 cm³/mol. The molecule has 0 heterocycles. The first-order valence-corrected chi connectivity index (χ1v) is 6.41. The molecule has 112 valence electrons. The number of hydrogen-bond donors (Lipinski definition) is 0. The highest BCUT2D eigenvalue weighted by molar-refractivity contribution is 6.41. The van der Waals surface area contributed by atoms with Crippen molar-refractivity contribution in [3.8, 4) is 0 Å². The van der Waals surface area contributed by atoms with Crippen LogP contribution in [0.3, 0.4) is 0 Å². The topological polar surface area (TPSA) is 0 Å². The standard InChI is InChI=1S/4CH2Cl2.4ClH/c4*2-1-3;;;;/h4*1H2;4*1H. The Morgan fingerprint density at radius 2 is 0.312 bits per heavy atom. The van der Waals surface area contributed by atoms with Crippen LogP contribution in [0.4, 0.5) is 0 Å². The van der Waals surface area contributed by atoms with Gasteiger partial charge in [0.05, 0.1) is 21.4 Å². The molecule has 0 aliphatic heterocycles. The lowest BCUT2D eigenvalue weighted by molar-refractivity contribution is 2.20. The fraction of sp³-hybridized carbons (Fsp3) is 1.00. The van der Waals surface area contributed by atoms with Gasteiger partial charge in [0.2, 0.25) is 0 Å². The van der Waals surface area contributed by atoms with E-state index in [9.17, 15) is 0 Å². The van der Waals surface area contributed by atoms with Crippen molar-refractivity contribution in [3.05, 3.63) is 0 Å². The van der Waals surface area contributed by atoms with Crippen molar-refractivity contribution in [1.82, 2.24) is 0 Å². The lowest BCUT2D eigenvalue weighted by Gasteiger charge is -1.42. The molecule has 0 nitrogen and oxygen atoms in total. The molecular formula is C4H12Cl12. The number of alkyl halides is 8. The maximum absolute atomic E-state index is 4.76. The molecule has 12 heteroatoms. The Balaban J connectivity index is -0.00000000821. The van der Waals surface area contributed by atoms with E-state index in [1.807, 2.05) is 0 Å². The first kappa shape index (κ1) is 50.5. The summed E-state index contributed by atoms with van der Waals surface area (Å²) < 4.78 is 0. The molecule has 0 aromatic heterocycles. The highest BCUT2D eigenvalue weighted by Crippen LogP contribution is 1.74. The van der Waals surface area contributed by atoms with Gasteiger partial charge < -0.3 is 0 Å². The van der Waals surface area contributed by atoms with Gasteiger partial charge in [-0.15, -0.1) is 142 Å². The van der Waals surface area contributed by atoms with Gasteiger partial charge in [-0.1, -0.05) is 0 Å². The maximum atomic E-state index is 4.76. The molecule has 0 spiro atoms. The molecule has 0 fully saturated rings. The molecule has 0 rings (SSSR count). The summed E-state index contributed by atoms with van der Waals surface area (Å²) in [5, 5.41) is 0.778. The third kappa shape index (κ3) is 392. The number of hydrogen-bond acceptors (Lipinski definition) is 0. The summed E-state index contributed by atoms with van der Waals surface area (Å²) in [5.41, 5.74) is 0. The van der Waals surface area contributed by atoms with Crippen LogP contribution < -0.4 is 0 Å². The summed E-state index contributed by atoms with van der Waals surface area (Å²) >= 11 is 38.1. The van der Waals surface area contributed by atoms with Crippen molar-refractivity contribution < 1.29 is 0 Å². The van der Waals surface area contributed by atoms with Gasteiger partial charge in [0.15, 0.2) is 0 Å². The van der Waals surface area contributed by atoms with Crippen molar-refractivity contribution in [3.63, 3.8) is 0 Å². The van der Waals surface area contributed by atoms with Crippen molar-refractivity contribution in [2.75, 3.05) is 21.4 Å². The van der Waals surface area contributed by atoms with Crippen LogP contribution in [0.15, 0.2) is 0 Å². The third-order valence-corrected chi connectivity index (χ3v) is 0. The van der Waals surface area contributed by atoms with E-state index in [0.29, 0.717) is 0 Å². The van der Waals surface area contributed by atoms with Gasteiger partial charge in [0.25, 0.3) is 0 Å². The normalized spacial score (nSPS) is 4.50. The number of rotatable bonds is 0. The minimum atomic E-state index is 0. The SMILES string of the molecule is Cl.Cl.Cl.Cl.ClCCl.ClCCl.ClCCl.ClCCl. The van der Waals surface area contributed by atoms with Crippen molar-refractivity contribution in [2.45, 2.75) is 0 Å². The molecule has 0 amide bonds. The second-order valence-corrected chi connectivity index (χ2v) is 3.64. The fourth-order valence-corrected chi connectivity index (χ4v) is 0. The molecule has 0 unspecified atom stereocenters. The highest BCUT2D eigenvalue weighted by atomic mass is 35.5. The van der Waals surface area contributed by atoms with E-state index in [2.05, 4.69) is 0 Å². The summed E-state index contributed by atoms with van der Waals surface area (Å²) in [4.78, 5) is 0. The van der Waals surface area contributed by atoms with Crippen LogP contribution in [0.5, 0.6) is 0 Å². The first-order chi connectivity index (χ1) is 5.66. The minimum Gasteiger partial charge on any atom is -0.147 e. The van der Waals surface area contributed by atoms with Crippen molar-refractivity contribution in [1.29, 1.82) is 0 Å². The van der Waals surface area contributed by atoms with Gasteiger partial charge in [-0.05, 0) is 0 Å². The smallest absolute Gasteiger partial charge is 0.0967 e. The van der Waals surface area contributed by atoms with Gasteiger partial charge in [-0.2, -0.15) is 0 Å². The average molecular weight is 486 g/mol. The van der Waals surface area contributed by atoms with E-state index >= 15 is 0 Å². The Kier molecular flexibility index (Phi) is 318. The minimum absolute atomic E-state index is 0. The number of halogens is 12. The molecule has 0 aliphatic carbocycles. The third-order valence-electron chi connectivity index (χ3n) is 0. The Bertz CT molecular complexity index is 21.0. The van der Waals surface area contributed by atoms with E-state index < -0.39 is 0 Å². The predicted octanol–water partition coefficient (Wildman–Crippen LogP) is 7.37. The lowest BCUT2D eigenvalue weighted by Crippen LogP contribution is -1.24. The van der Waals surface area contributed by atoms with Crippen LogP contribution in [-0.2, 0) is 0 Å². The Labute approximate surface area is 162 Å². The van der Waals surface area contributed by atoms with Crippen molar-refractivity contribution in [2.24, 2.45) is 0 Å². The Morgan fingerprint density at radius 1 is 0.312 bits per heavy atom. The van der Waals surface area contributed by atoms with E-state index in [0.717, 1.165) is 0 Å². The molecule has 0 atom stereocenters. The zero-order valence-electron chi connectivity index (χ0n) is 7.49. The monoisotopic (exact) mass is 480 g/mol. The van der Waals surface area contributed by atoms with E-state index in [1.165, 1.54) is 0 Å². The molecule has 0 aromatic carbocycles. The molecule has 0 radical (unpaired) electrons. The first-order valence-electron chi connectivity index (χ1n) is 2.14. The van der Waals surface area contributed by atoms with Crippen LogP contribution in [0.1, 0.15) is 0 Å². The van der Waals surface area contributed by atoms with E-state index in [4.69, 9.17) is 92.8 Å². The Hall–Kier alpha value is 3.48. The molecule has 0 aromatic rings. The van der Waals surface area contributed by atoms with E-state index in [1.54, 1.807) is 0 Å². The van der Waals surface area contributed by atoms with Crippen LogP contribution in [-0.4, -0.2) is 21.4 Å². The van der Waals surface area contributed by atoms with Crippen molar-refractivity contribution >= 4 is 142 Å². The molecule has 16 heavy (non-hydrogen) atoms. The summed E-state index contributed by atoms with van der Waals surface area (Å²) in [6.45, 7) is 0. The van der Waals surface area contributed by atoms with Gasteiger partial charge in [0.1, 0.15) is 0 Å². The molecule has 0 aliphatic rings. The van der Waals surface area contributed by atoms with Gasteiger partial charge in [-0.3, -0.25) is 0 Å². The summed E-state index contributed by atoms with van der Waals surface area (Å²) in [5.74, 6) is 0. The zero-order chi connectivity index (χ0) is 10.8. The maximum Gasteiger partial charge on any atom is 0.0967 e. The summed E-state index contributed by atoms with van der Waals surface area (Å²) in [6, 6.07) is 0. The molecule has 0 saturated carbocycles. The average Bonchev–Trinajstić information content (AvgIpc) is 1.92. The summed E-state index contributed by atoms with van der Waals surface area (Å²) in [7, 11) is 0. The van der Waals surface area contributed by atoms with Crippen LogP contribution >= 0.6 is 142 Å². The summed E-state index contributed by atoms with van der Waals surface area (Å²) in [6.07, 6.45) is 0. The molecule has 0 bridgehead atoms. The zero-order valence-corrected chi connectivity index (χ0v) is 16.8. The Morgan fingerprint density at radius 3 is 0.312 bits per heavy atom. The molecule has 0 saturated heterocycles. The van der Waals surface area contributed by atoms with Crippen LogP contribution in [0.25, 0.3) is 0 Å². The van der Waals surface area contributed by atoms with Gasteiger partial charge in [0, 0.05) is 0 Å². The van der Waals surface area contributed by atoms with Crippen LogP contribution in [0.2, 0.25) is 0 Å². The van der Waals surface area contributed by atoms with E-state index in [-0.39, 0.29) is 71.0 Å². The molecular weight excluding hydrogens is 473 g/mol. The van der Waals surface area contributed by atoms with Gasteiger partial charge in [-0.25, -0.2) is 0 Å². The van der Waals surface area contributed by atoms with Gasteiger partial charge >= 0.3 is 0 Å². The quantitative estimate of drug-likeness (QED) is 0.314. The second-order valence-electron chi connectivity index (χ2n) is 0.404. The largest absolute Gasteiger partial charge is 0.147 e. The highest BCUT2D eigenvalue weighted by Gasteiger charge is 1.42. The second kappa shape index (κ2) is 101. The van der Waals surface area contributed by atoms with Crippen LogP contribution in [0, 0.1) is 0 Å². The fourth-order valence-electron chi connectivity index (χ4n) is 0.